The molecule has 0 aromatic carbocycles. The summed E-state index contributed by atoms with van der Waals surface area (Å²) in [5.74, 6) is 5.09. The van der Waals surface area contributed by atoms with Gasteiger partial charge in [-0.15, -0.1) is 71.8 Å². The molecule has 0 saturated carbocycles. The van der Waals surface area contributed by atoms with E-state index in [9.17, 15) is 75.3 Å². The second-order valence-electron chi connectivity index (χ2n) is 32.4. The van der Waals surface area contributed by atoms with Gasteiger partial charge >= 0.3 is 12.1 Å². The number of thiocarbonyl (C=S) groups is 1. The number of amides is 6. The fourth-order valence-corrected chi connectivity index (χ4v) is 17.7. The number of aliphatic hydroxyl groups is 11. The van der Waals surface area contributed by atoms with Gasteiger partial charge < -0.3 is 132 Å². The molecule has 0 aromatic heterocycles. The molecule has 0 spiro atoms. The molecular weight excluding hydrogens is 1550 g/mol. The van der Waals surface area contributed by atoms with Crippen LogP contribution in [0, 0.1) is 11.8 Å². The maximum Gasteiger partial charge on any atom is 0.325 e. The van der Waals surface area contributed by atoms with Gasteiger partial charge in [0.15, 0.2) is 17.6 Å². The van der Waals surface area contributed by atoms with E-state index in [1.807, 2.05) is 0 Å². The van der Waals surface area contributed by atoms with Crippen molar-refractivity contribution in [2.75, 3.05) is 111 Å². The Morgan fingerprint density at radius 2 is 0.775 bits per heavy atom. The van der Waals surface area contributed by atoms with Crippen LogP contribution < -0.4 is 37.2 Å². The van der Waals surface area contributed by atoms with Gasteiger partial charge in [0.2, 0.25) is 0 Å². The van der Waals surface area contributed by atoms with Gasteiger partial charge in [0.1, 0.15) is 96.6 Å². The Morgan fingerprint density at radius 3 is 1.14 bits per heavy atom. The molecule has 36 heteroatoms. The van der Waals surface area contributed by atoms with E-state index in [4.69, 9.17) is 35.9 Å². The second-order valence-corrected chi connectivity index (χ2v) is 54.4. The van der Waals surface area contributed by atoms with Crippen molar-refractivity contribution in [2.24, 2.45) is 0 Å². The normalized spacial score (nSPS) is 32.4. The highest BCUT2D eigenvalue weighted by atomic mass is 32.1. The standard InChI is InChI=1S/C17H25N2O4P.C15H25N2O5P.C15H25N2O4P.C14H23N2O4P.C14H23N2O3PS/c1-6-7-12-10-19(11(2)18-16(12)22)17-15(21)14(20)13(23-17)8-9-24(3,4)5;1-9-16-14(21)10(8-18)7-17(9)15-13(20)12(19)11(22-15)5-6-23(2,3)4;1-9-10(8-17(2)15(20)16-9)14-13(19)12(18)11(21-14)6-7-22(3,4)5;1-8-9(7-15-14(19)16-8)13-12(18)11(17)10(20-13)5-6-21(2,3)4;1-8-9(7-15-14(21)16-8)13-12(18)11(17)10(19-13)5-6-20(2,3)4/h10,13-15,17,20-21H,2-3,8-9H2,1,4-5H3,(H,18,22);7,11-13,15,18-20H,1-2,5-6,8H2,3-4H3,(H,16,21);8,11-14,18-19H,1,3,6-7H2,2,4-5H3,(H,16,20);7,10-13,17-18H,1-2,5-6H2,3-4H3,(H2,15,16,19);7,10-13,17-18H,1-2,5-6H2,3-4H3,(H2,15,16,21)/t13-,14-,15-,17-;11-,12-,13-,15-;11-,12-,13-,14+;2*10-,11-,12-,13+/m11111/s1. The SMILES string of the molecule is C=C1NC(=O)C(C#CC)=CN1[C@@H]1O[C@H](CCP(=C)(C)C)[C@@H](O)[C@H]1O.C=C1NC(=O)C(CO)=CN1[C@@H]1O[C@H](CCP(=C)(C)C)[C@@H](O)[C@H]1O.C=C1NC(=O)N(C)C=C1[C@@H]1O[C@H](CCP(=C)(C)C)[C@@H](O)[C@H]1O.C=C1NC(=O)NC=C1[C@@H]1O[C@H](CCP(=C)(C)C)[C@@H](O)[C@H]1O.C=C1NC(=S)NC=C1[C@@H]1O[C@H](CCP(=C)(C)C)[C@@H](O)[C@H]1O. The van der Waals surface area contributed by atoms with Gasteiger partial charge in [-0.05, 0) is 149 Å². The van der Waals surface area contributed by atoms with Gasteiger partial charge in [-0.25, -0.2) is 9.59 Å². The van der Waals surface area contributed by atoms with Crippen LogP contribution in [-0.2, 0) is 33.3 Å². The Bertz CT molecular complexity index is 3920. The molecule has 10 aliphatic rings. The van der Waals surface area contributed by atoms with Gasteiger partial charge in [-0.2, -0.15) is 0 Å². The topological polar surface area (TPSA) is 431 Å². The van der Waals surface area contributed by atoms with Gasteiger partial charge in [0.25, 0.3) is 11.8 Å². The van der Waals surface area contributed by atoms with E-state index in [0.717, 1.165) is 30.8 Å². The van der Waals surface area contributed by atoms with Crippen molar-refractivity contribution < 1.29 is 99.0 Å². The Kier molecular flexibility index (Phi) is 33.6. The van der Waals surface area contributed by atoms with E-state index in [0.29, 0.717) is 71.0 Å². The number of carbonyl (C=O) groups excluding carboxylic acids is 4. The highest BCUT2D eigenvalue weighted by Gasteiger charge is 2.51. The molecular formula is C75H121N10O20P5S. The first-order chi connectivity index (χ1) is 51.2. The predicted octanol–water partition coefficient (Wildman–Crippen LogP) is 1.02. The molecule has 0 aliphatic carbocycles. The first-order valence-electron chi connectivity index (χ1n) is 36.1. The summed E-state index contributed by atoms with van der Waals surface area (Å²) in [6.45, 7) is 35.2. The smallest absolute Gasteiger partial charge is 0.325 e. The molecule has 0 aromatic rings. The third kappa shape index (κ3) is 26.6. The molecule has 0 bridgehead atoms. The summed E-state index contributed by atoms with van der Waals surface area (Å²) in [5, 5.41) is 131. The summed E-state index contributed by atoms with van der Waals surface area (Å²) in [6.07, 6.45) is 19.9. The maximum absolute atomic E-state index is 11.9. The zero-order valence-corrected chi connectivity index (χ0v) is 71.2. The van der Waals surface area contributed by atoms with Crippen molar-refractivity contribution in [2.45, 2.75) is 161 Å². The zero-order chi connectivity index (χ0) is 83.7. The Morgan fingerprint density at radius 1 is 0.441 bits per heavy atom. The van der Waals surface area contributed by atoms with Gasteiger partial charge in [0.05, 0.1) is 42.7 Å². The summed E-state index contributed by atoms with van der Waals surface area (Å²) >= 11 is 4.99. The van der Waals surface area contributed by atoms with Gasteiger partial charge in [0, 0.05) is 71.9 Å². The van der Waals surface area contributed by atoms with E-state index >= 15 is 0 Å². The summed E-state index contributed by atoms with van der Waals surface area (Å²) in [7, 11) is 1.60. The number of rotatable bonds is 21. The van der Waals surface area contributed by atoms with Crippen molar-refractivity contribution >= 4 is 107 Å². The molecule has 20 atom stereocenters. The highest BCUT2D eigenvalue weighted by molar-refractivity contribution is 7.80. The average Bonchev–Trinajstić information content (AvgIpc) is 1.70. The third-order valence-corrected chi connectivity index (χ3v) is 26.8. The number of urea groups is 2. The van der Waals surface area contributed by atoms with Gasteiger partial charge in [-0.3, -0.25) is 9.59 Å². The Labute approximate surface area is 659 Å². The molecule has 10 aliphatic heterocycles. The summed E-state index contributed by atoms with van der Waals surface area (Å²) in [6, 6.07) is -0.668. The molecule has 111 heavy (non-hydrogen) atoms. The largest absolute Gasteiger partial charge is 0.391 e. The van der Waals surface area contributed by atoms with E-state index in [2.05, 4.69) is 180 Å². The van der Waals surface area contributed by atoms with Crippen LogP contribution in [0.3, 0.4) is 0 Å². The van der Waals surface area contributed by atoms with Crippen molar-refractivity contribution in [3.8, 4) is 11.8 Å². The number of hydrogen-bond donors (Lipinski definition) is 18. The third-order valence-electron chi connectivity index (χ3n) is 19.2. The van der Waals surface area contributed by atoms with Crippen LogP contribution in [0.15, 0.2) is 120 Å². The second kappa shape index (κ2) is 39.5. The number of ether oxygens (including phenoxy) is 5. The first-order valence-corrected chi connectivity index (χ1v) is 51.8. The van der Waals surface area contributed by atoms with Crippen LogP contribution in [0.5, 0.6) is 0 Å². The van der Waals surface area contributed by atoms with Crippen LogP contribution in [0.4, 0.5) is 9.59 Å². The molecule has 5 saturated heterocycles. The Balaban J connectivity index is 0.000000217. The lowest BCUT2D eigenvalue weighted by atomic mass is 9.99. The number of hydrogen-bond acceptors (Lipinski definition) is 23. The van der Waals surface area contributed by atoms with Crippen molar-refractivity contribution in [3.63, 3.8) is 0 Å². The minimum atomic E-state index is -1.26. The Hall–Kier alpha value is -5.41. The van der Waals surface area contributed by atoms with Crippen molar-refractivity contribution in [1.29, 1.82) is 0 Å². The number of nitrogens with one attached hydrogen (secondary N) is 7. The van der Waals surface area contributed by atoms with Crippen LogP contribution in [0.25, 0.3) is 0 Å². The first kappa shape index (κ1) is 94.4. The minimum absolute atomic E-state index is 0.135. The number of nitrogens with zero attached hydrogens (tertiary/aromatic N) is 3. The van der Waals surface area contributed by atoms with E-state index in [-0.39, 0.29) is 46.9 Å². The van der Waals surface area contributed by atoms with Crippen molar-refractivity contribution in [1.82, 2.24) is 51.9 Å². The molecule has 0 unspecified atom stereocenters. The summed E-state index contributed by atoms with van der Waals surface area (Å²) in [5.41, 5.74) is 3.55. The number of carbonyl (C=O) groups is 4. The van der Waals surface area contributed by atoms with E-state index in [1.54, 1.807) is 26.4 Å². The lowest BCUT2D eigenvalue weighted by molar-refractivity contribution is -0.120. The molecule has 5 fully saturated rings. The highest BCUT2D eigenvalue weighted by Crippen LogP contribution is 2.44. The van der Waals surface area contributed by atoms with Crippen LogP contribution in [-0.4, -0.2) is 365 Å². The van der Waals surface area contributed by atoms with E-state index in [1.165, 1.54) is 33.3 Å². The van der Waals surface area contributed by atoms with Gasteiger partial charge in [-0.1, -0.05) is 38.8 Å². The average molecular weight is 1670 g/mol. The molecule has 18 N–H and O–H groups in total. The fraction of sp³-hybridized carbons (Fsp3) is 0.573. The monoisotopic (exact) mass is 1670 g/mol. The van der Waals surface area contributed by atoms with Crippen molar-refractivity contribution in [3.05, 3.63) is 120 Å². The molecule has 0 radical (unpaired) electrons. The van der Waals surface area contributed by atoms with Crippen LogP contribution in [0.2, 0.25) is 0 Å². The summed E-state index contributed by atoms with van der Waals surface area (Å²) in [4.78, 5) is 50.5. The molecule has 6 amide bonds. The predicted molar refractivity (Wildman–Crippen MR) is 454 cm³/mol. The maximum atomic E-state index is 11.9. The molecule has 10 heterocycles. The zero-order valence-electron chi connectivity index (χ0n) is 65.9. The molecule has 622 valence electrons. The molecule has 10 rings (SSSR count). The number of aliphatic hydroxyl groups excluding tert-OH is 11. The van der Waals surface area contributed by atoms with Crippen LogP contribution in [0.1, 0.15) is 39.0 Å². The van der Waals surface area contributed by atoms with E-state index < -0.39 is 163 Å². The summed E-state index contributed by atoms with van der Waals surface area (Å²) < 4.78 is 29.2. The quantitative estimate of drug-likeness (QED) is 0.0433. The molecule has 30 nitrogen and oxygen atoms in total. The lowest BCUT2D eigenvalue weighted by Gasteiger charge is -2.34. The minimum Gasteiger partial charge on any atom is -0.391 e. The van der Waals surface area contributed by atoms with Crippen LogP contribution >= 0.6 is 46.6 Å². The lowest BCUT2D eigenvalue weighted by Crippen LogP contribution is -2.48. The fourth-order valence-electron chi connectivity index (χ4n) is 12.8.